The fourth-order valence-electron chi connectivity index (χ4n) is 7.62. The second-order valence-corrected chi connectivity index (χ2v) is 14.1. The van der Waals surface area contributed by atoms with Crippen LogP contribution < -0.4 is 0 Å². The molecule has 6 heteroatoms. The molecule has 0 amide bonds. The van der Waals surface area contributed by atoms with E-state index in [1.54, 1.807) is 13.8 Å². The van der Waals surface area contributed by atoms with Crippen molar-refractivity contribution < 1.29 is 60.8 Å². The molecule has 49 heavy (non-hydrogen) atoms. The van der Waals surface area contributed by atoms with Gasteiger partial charge in [-0.3, -0.25) is 14.5 Å². The molecule has 0 unspecified atom stereocenters. The Hall–Kier alpha value is 0.858. The largest absolute Gasteiger partial charge is 2.00 e. The Morgan fingerprint density at radius 1 is 0.408 bits per heavy atom. The van der Waals surface area contributed by atoms with E-state index in [0.717, 1.165) is 24.7 Å². The van der Waals surface area contributed by atoms with Gasteiger partial charge in [-0.1, -0.05) is 135 Å². The van der Waals surface area contributed by atoms with Gasteiger partial charge in [0.2, 0.25) is 0 Å². The molecule has 0 heterocycles. The van der Waals surface area contributed by atoms with Crippen molar-refractivity contribution in [3.8, 4) is 0 Å². The van der Waals surface area contributed by atoms with Gasteiger partial charge in [-0.25, -0.2) is 0 Å². The number of hydrogen-bond donors (Lipinski definition) is 0. The number of hydrogen-bond acceptors (Lipinski definition) is 3. The normalized spacial score (nSPS) is 18.8. The third-order valence-electron chi connectivity index (χ3n) is 10.1. The summed E-state index contributed by atoms with van der Waals surface area (Å²) in [6.45, 7) is 6.48. The van der Waals surface area contributed by atoms with Gasteiger partial charge in [-0.2, -0.15) is 0 Å². The molecule has 3 nitrogen and oxygen atoms in total. The van der Waals surface area contributed by atoms with Crippen molar-refractivity contribution in [3.63, 3.8) is 0 Å². The molecule has 6 saturated carbocycles. The number of carbonyl (C=O) groups excluding carboxylic acids is 2. The van der Waals surface area contributed by atoms with E-state index in [1.165, 1.54) is 174 Å². The minimum absolute atomic E-state index is 0. The summed E-state index contributed by atoms with van der Waals surface area (Å²) in [6, 6.07) is 0. The number of carbonyl (C=O) groups is 2. The van der Waals surface area contributed by atoms with Crippen LogP contribution in [-0.2, 0) is 60.8 Å². The van der Waals surface area contributed by atoms with Gasteiger partial charge in [-0.05, 0) is 64.2 Å². The monoisotopic (exact) mass is 817 g/mol. The Bertz CT molecular complexity index is 554. The predicted molar refractivity (Wildman–Crippen MR) is 211 cm³/mol. The summed E-state index contributed by atoms with van der Waals surface area (Å²) in [5, 5.41) is 0. The van der Waals surface area contributed by atoms with Crippen LogP contribution in [0.25, 0.3) is 0 Å². The van der Waals surface area contributed by atoms with Gasteiger partial charge >= 0.3 is 51.2 Å². The summed E-state index contributed by atoms with van der Waals surface area (Å²) in [4.78, 5) is 24.5. The number of nitrogens with zero attached hydrogens (tertiary/aromatic N) is 1. The van der Waals surface area contributed by atoms with Crippen molar-refractivity contribution in [3.05, 3.63) is 44.6 Å². The molecule has 0 atom stereocenters. The second-order valence-electron chi connectivity index (χ2n) is 14.1. The van der Waals surface area contributed by atoms with Crippen LogP contribution in [-0.4, -0.2) is 36.1 Å². The van der Waals surface area contributed by atoms with Crippen LogP contribution in [0.2, 0.25) is 0 Å². The van der Waals surface area contributed by atoms with Gasteiger partial charge in [0.15, 0.2) is 0 Å². The molecule has 0 spiro atoms. The Balaban J connectivity index is -0.0000000751. The van der Waals surface area contributed by atoms with Crippen LogP contribution >= 0.6 is 0 Å². The first-order valence-electron chi connectivity index (χ1n) is 18.3. The molecule has 0 aliphatic heterocycles. The molecule has 0 bridgehead atoms. The van der Waals surface area contributed by atoms with Gasteiger partial charge in [0, 0.05) is 19.0 Å². The topological polar surface area (TPSA) is 37.4 Å². The van der Waals surface area contributed by atoms with Crippen LogP contribution in [0.4, 0.5) is 0 Å². The van der Waals surface area contributed by atoms with E-state index in [9.17, 15) is 9.59 Å². The maximum Gasteiger partial charge on any atom is 2.00 e. The summed E-state index contributed by atoms with van der Waals surface area (Å²) >= 11 is 0. The van der Waals surface area contributed by atoms with E-state index >= 15 is 0 Å². The first kappa shape index (κ1) is 67.9. The Morgan fingerprint density at radius 3 is 0.816 bits per heavy atom. The summed E-state index contributed by atoms with van der Waals surface area (Å²) in [6.07, 6.45) is 38.5. The van der Waals surface area contributed by atoms with E-state index in [2.05, 4.69) is 4.90 Å². The van der Waals surface area contributed by atoms with E-state index in [-0.39, 0.29) is 95.8 Å². The second kappa shape index (κ2) is 46.9. The van der Waals surface area contributed by atoms with Crippen molar-refractivity contribution in [2.24, 2.45) is 17.8 Å². The number of ketones is 2. The zero-order valence-corrected chi connectivity index (χ0v) is 37.6. The Morgan fingerprint density at radius 2 is 0.633 bits per heavy atom. The molecule has 6 rings (SSSR count). The van der Waals surface area contributed by atoms with E-state index < -0.39 is 0 Å². The van der Waals surface area contributed by atoms with E-state index in [4.69, 9.17) is 0 Å². The molecule has 0 aromatic heterocycles. The SMILES string of the molecule is C1CCCC1.C1CCCC1.C1CCCC1.CC(=O)C1CCCC1.CC(=O)CN(CC1CCCC1)CC1CCCC1.[CH3-].[CH3-].[CH3-].[CH3-].[CH3-].[CH3-].[Fe+2].[Fe+2].[Fe+2]. The summed E-state index contributed by atoms with van der Waals surface area (Å²) in [7, 11) is 0. The Kier molecular flexibility index (Phi) is 65.0. The van der Waals surface area contributed by atoms with Gasteiger partial charge in [0.25, 0.3) is 0 Å². The van der Waals surface area contributed by atoms with Gasteiger partial charge < -0.3 is 44.6 Å². The maximum atomic E-state index is 11.4. The average molecular weight is 818 g/mol. The Labute approximate surface area is 344 Å². The van der Waals surface area contributed by atoms with Crippen LogP contribution in [0.5, 0.6) is 0 Å². The molecule has 0 aromatic carbocycles. The van der Waals surface area contributed by atoms with Crippen molar-refractivity contribution >= 4 is 11.6 Å². The number of rotatable bonds is 7. The average Bonchev–Trinajstić information content (AvgIpc) is 3.79. The molecule has 6 aliphatic carbocycles. The smallest absolute Gasteiger partial charge is 0.358 e. The number of Topliss-reactive ketones (excluding diaryl/α,β-unsaturated/α-hetero) is 2. The van der Waals surface area contributed by atoms with Crippen LogP contribution in [0.1, 0.15) is 187 Å². The molecule has 0 aromatic rings. The minimum Gasteiger partial charge on any atom is -0.358 e. The molecule has 0 N–H and O–H groups in total. The molecule has 0 saturated heterocycles. The fourth-order valence-corrected chi connectivity index (χ4v) is 7.62. The maximum absolute atomic E-state index is 11.4. The third kappa shape index (κ3) is 38.4. The molecule has 0 radical (unpaired) electrons. The molecule has 6 aliphatic rings. The van der Waals surface area contributed by atoms with E-state index in [0.29, 0.717) is 24.0 Å². The van der Waals surface area contributed by atoms with Crippen molar-refractivity contribution in [1.29, 1.82) is 0 Å². The minimum atomic E-state index is 0. The zero-order chi connectivity index (χ0) is 28.7. The van der Waals surface area contributed by atoms with Crippen LogP contribution in [0, 0.1) is 62.3 Å². The quantitative estimate of drug-likeness (QED) is 0.190. The van der Waals surface area contributed by atoms with Crippen LogP contribution in [0.3, 0.4) is 0 Å². The van der Waals surface area contributed by atoms with Crippen molar-refractivity contribution in [2.45, 2.75) is 187 Å². The van der Waals surface area contributed by atoms with Crippen molar-refractivity contribution in [1.82, 2.24) is 4.90 Å². The molecule has 300 valence electrons. The van der Waals surface area contributed by atoms with Gasteiger partial charge in [0.05, 0.1) is 6.54 Å². The first-order valence-corrected chi connectivity index (χ1v) is 18.3. The third-order valence-corrected chi connectivity index (χ3v) is 10.1. The summed E-state index contributed by atoms with van der Waals surface area (Å²) < 4.78 is 0. The summed E-state index contributed by atoms with van der Waals surface area (Å²) in [5.74, 6) is 2.89. The fraction of sp³-hybridized carbons (Fsp3) is 0.814. The zero-order valence-electron chi connectivity index (χ0n) is 34.3. The summed E-state index contributed by atoms with van der Waals surface area (Å²) in [5.41, 5.74) is 0. The standard InChI is InChI=1S/C15H27NO.C7H12O.3C5H10.6CH3.3Fe/c1-13(17)10-16(11-14-6-2-3-7-14)12-15-8-4-5-9-15;1-6(8)7-4-2-3-5-7;3*1-2-4-5-3-1;;;;;;;;;/h14-15H,2-12H2,1H3;7H,2-5H2,1H3;3*1-5H2;6*1H3;;;/q;;;;;6*-1;3*+2. The molecular weight excluding hydrogens is 730 g/mol. The van der Waals surface area contributed by atoms with Gasteiger partial charge in [-0.15, -0.1) is 0 Å². The molecule has 6 fully saturated rings. The first-order chi connectivity index (χ1) is 19.5. The van der Waals surface area contributed by atoms with Crippen LogP contribution in [0.15, 0.2) is 0 Å². The van der Waals surface area contributed by atoms with Crippen molar-refractivity contribution in [2.75, 3.05) is 19.6 Å². The predicted octanol–water partition coefficient (Wildman–Crippen LogP) is 13.6. The molecular formula is C43H87Fe3NO2. The van der Waals surface area contributed by atoms with Gasteiger partial charge in [0.1, 0.15) is 11.6 Å². The van der Waals surface area contributed by atoms with E-state index in [1.807, 2.05) is 0 Å².